The zero-order valence-corrected chi connectivity index (χ0v) is 20.9. The molecule has 0 saturated carbocycles. The van der Waals surface area contributed by atoms with Gasteiger partial charge in [0.25, 0.3) is 0 Å². The van der Waals surface area contributed by atoms with Crippen LogP contribution in [-0.4, -0.2) is 18.5 Å². The van der Waals surface area contributed by atoms with Gasteiger partial charge in [-0.25, -0.2) is 0 Å². The van der Waals surface area contributed by atoms with Crippen LogP contribution in [0, 0.1) is 13.8 Å². The van der Waals surface area contributed by atoms with Crippen molar-refractivity contribution < 1.29 is 19.1 Å². The van der Waals surface area contributed by atoms with Crippen molar-refractivity contribution in [3.8, 4) is 5.75 Å². The number of carbonyl (C=O) groups is 2. The van der Waals surface area contributed by atoms with Crippen LogP contribution < -0.4 is 4.74 Å². The molecule has 0 bridgehead atoms. The highest BCUT2D eigenvalue weighted by atomic mass is 16.5. The van der Waals surface area contributed by atoms with E-state index in [9.17, 15) is 9.59 Å². The van der Waals surface area contributed by atoms with Gasteiger partial charge in [0.05, 0.1) is 6.61 Å². The Morgan fingerprint density at radius 1 is 0.625 bits per heavy atom. The number of carbonyl (C=O) groups excluding carboxylic acids is 2. The third kappa shape index (κ3) is 15.9. The van der Waals surface area contributed by atoms with E-state index in [1.807, 2.05) is 26.0 Å². The van der Waals surface area contributed by atoms with E-state index in [4.69, 9.17) is 9.47 Å². The van der Waals surface area contributed by atoms with Crippen molar-refractivity contribution in [2.75, 3.05) is 6.61 Å². The fourth-order valence-electron chi connectivity index (χ4n) is 3.91. The molecule has 32 heavy (non-hydrogen) atoms. The summed E-state index contributed by atoms with van der Waals surface area (Å²) in [5.41, 5.74) is 2.20. The Morgan fingerprint density at radius 2 is 1.09 bits per heavy atom. The quantitative estimate of drug-likeness (QED) is 0.123. The van der Waals surface area contributed by atoms with Crippen LogP contribution in [-0.2, 0) is 14.3 Å². The van der Waals surface area contributed by atoms with Gasteiger partial charge in [-0.15, -0.1) is 0 Å². The van der Waals surface area contributed by atoms with Crippen LogP contribution in [0.1, 0.15) is 121 Å². The van der Waals surface area contributed by atoms with Crippen molar-refractivity contribution in [1.29, 1.82) is 0 Å². The summed E-state index contributed by atoms with van der Waals surface area (Å²) in [6.07, 6.45) is 17.0. The van der Waals surface area contributed by atoms with Gasteiger partial charge in [-0.3, -0.25) is 9.59 Å². The summed E-state index contributed by atoms with van der Waals surface area (Å²) < 4.78 is 10.8. The van der Waals surface area contributed by atoms with Gasteiger partial charge in [0, 0.05) is 12.8 Å². The smallest absolute Gasteiger partial charge is 0.311 e. The lowest BCUT2D eigenvalue weighted by Crippen LogP contribution is -2.07. The fraction of sp³-hybridized carbons (Fsp3) is 0.714. The lowest BCUT2D eigenvalue weighted by Gasteiger charge is -2.07. The first kappa shape index (κ1) is 28.2. The number of aryl methyl sites for hydroxylation is 2. The Morgan fingerprint density at radius 3 is 1.66 bits per heavy atom. The van der Waals surface area contributed by atoms with Gasteiger partial charge in [-0.1, -0.05) is 83.6 Å². The lowest BCUT2D eigenvalue weighted by atomic mass is 10.1. The molecular formula is C28H46O4. The molecular weight excluding hydrogens is 400 g/mol. The molecule has 0 aliphatic carbocycles. The Hall–Kier alpha value is -1.84. The molecule has 1 aromatic carbocycles. The van der Waals surface area contributed by atoms with E-state index in [0.717, 1.165) is 62.5 Å². The van der Waals surface area contributed by atoms with Gasteiger partial charge in [0.15, 0.2) is 0 Å². The minimum Gasteiger partial charge on any atom is -0.466 e. The molecule has 0 heterocycles. The van der Waals surface area contributed by atoms with Gasteiger partial charge in [-0.05, 0) is 56.4 Å². The molecule has 0 radical (unpaired) electrons. The minimum absolute atomic E-state index is 0.0536. The Balaban J connectivity index is 1.88. The average molecular weight is 447 g/mol. The molecule has 1 rings (SSSR count). The molecule has 0 spiro atoms. The second kappa shape index (κ2) is 18.7. The third-order valence-corrected chi connectivity index (χ3v) is 5.70. The number of benzene rings is 1. The zero-order valence-electron chi connectivity index (χ0n) is 20.9. The molecule has 0 unspecified atom stereocenters. The van der Waals surface area contributed by atoms with E-state index in [1.54, 1.807) is 0 Å². The topological polar surface area (TPSA) is 52.6 Å². The zero-order chi connectivity index (χ0) is 23.4. The summed E-state index contributed by atoms with van der Waals surface area (Å²) in [5.74, 6) is 0.429. The largest absolute Gasteiger partial charge is 0.466 e. The van der Waals surface area contributed by atoms with Crippen molar-refractivity contribution in [2.24, 2.45) is 0 Å². The highest BCUT2D eigenvalue weighted by Crippen LogP contribution is 2.17. The SMILES string of the molecule is CCCCCCCCCCOC(=O)CCCCCCCCC(=O)Oc1cc(C)cc(C)c1. The Kier molecular flexibility index (Phi) is 16.5. The normalized spacial score (nSPS) is 10.8. The number of esters is 2. The standard InChI is InChI=1S/C28H46O4/c1-4-5-6-7-8-11-14-17-20-31-27(29)18-15-12-9-10-13-16-19-28(30)32-26-22-24(2)21-25(3)23-26/h21-23H,4-20H2,1-3H3. The van der Waals surface area contributed by atoms with Crippen LogP contribution in [0.4, 0.5) is 0 Å². The summed E-state index contributed by atoms with van der Waals surface area (Å²) in [6.45, 7) is 6.82. The maximum Gasteiger partial charge on any atom is 0.311 e. The van der Waals surface area contributed by atoms with Gasteiger partial charge >= 0.3 is 11.9 Å². The maximum atomic E-state index is 12.0. The van der Waals surface area contributed by atoms with Gasteiger partial charge in [-0.2, -0.15) is 0 Å². The van der Waals surface area contributed by atoms with Crippen LogP contribution in [0.2, 0.25) is 0 Å². The van der Waals surface area contributed by atoms with E-state index in [1.165, 1.54) is 38.5 Å². The highest BCUT2D eigenvalue weighted by molar-refractivity contribution is 5.72. The number of hydrogen-bond acceptors (Lipinski definition) is 4. The van der Waals surface area contributed by atoms with Crippen LogP contribution in [0.3, 0.4) is 0 Å². The molecule has 0 aliphatic heterocycles. The second-order valence-corrected chi connectivity index (χ2v) is 9.11. The van der Waals surface area contributed by atoms with Gasteiger partial charge in [0.1, 0.15) is 5.75 Å². The molecule has 4 heteroatoms. The lowest BCUT2D eigenvalue weighted by molar-refractivity contribution is -0.144. The molecule has 0 aromatic heterocycles. The first-order valence-electron chi connectivity index (χ1n) is 13.0. The summed E-state index contributed by atoms with van der Waals surface area (Å²) in [7, 11) is 0. The van der Waals surface area contributed by atoms with Crippen molar-refractivity contribution in [3.63, 3.8) is 0 Å². The number of rotatable bonds is 19. The molecule has 4 nitrogen and oxygen atoms in total. The highest BCUT2D eigenvalue weighted by Gasteiger charge is 2.06. The molecule has 1 aromatic rings. The van der Waals surface area contributed by atoms with E-state index in [0.29, 0.717) is 25.2 Å². The second-order valence-electron chi connectivity index (χ2n) is 9.11. The minimum atomic E-state index is -0.158. The third-order valence-electron chi connectivity index (χ3n) is 5.70. The van der Waals surface area contributed by atoms with Gasteiger partial charge in [0.2, 0.25) is 0 Å². The predicted molar refractivity (Wildman–Crippen MR) is 132 cm³/mol. The monoisotopic (exact) mass is 446 g/mol. The Labute approximate surface area is 196 Å². The first-order valence-corrected chi connectivity index (χ1v) is 13.0. The summed E-state index contributed by atoms with van der Waals surface area (Å²) in [5, 5.41) is 0. The summed E-state index contributed by atoms with van der Waals surface area (Å²) >= 11 is 0. The van der Waals surface area contributed by atoms with Crippen molar-refractivity contribution in [1.82, 2.24) is 0 Å². The van der Waals surface area contributed by atoms with Crippen LogP contribution in [0.15, 0.2) is 18.2 Å². The number of ether oxygens (including phenoxy) is 2. The average Bonchev–Trinajstić information content (AvgIpc) is 2.73. The fourth-order valence-corrected chi connectivity index (χ4v) is 3.91. The van der Waals surface area contributed by atoms with Crippen LogP contribution in [0.5, 0.6) is 5.75 Å². The molecule has 0 amide bonds. The molecule has 182 valence electrons. The molecule has 0 aliphatic rings. The molecule has 0 saturated heterocycles. The van der Waals surface area contributed by atoms with E-state index < -0.39 is 0 Å². The van der Waals surface area contributed by atoms with Crippen molar-refractivity contribution >= 4 is 11.9 Å². The number of unbranched alkanes of at least 4 members (excludes halogenated alkanes) is 12. The van der Waals surface area contributed by atoms with Crippen LogP contribution in [0.25, 0.3) is 0 Å². The van der Waals surface area contributed by atoms with Crippen molar-refractivity contribution in [3.05, 3.63) is 29.3 Å². The van der Waals surface area contributed by atoms with E-state index in [-0.39, 0.29) is 11.9 Å². The molecule has 0 N–H and O–H groups in total. The molecule has 0 atom stereocenters. The van der Waals surface area contributed by atoms with Crippen molar-refractivity contribution in [2.45, 2.75) is 124 Å². The predicted octanol–water partition coefficient (Wildman–Crippen LogP) is 8.01. The number of hydrogen-bond donors (Lipinski definition) is 0. The van der Waals surface area contributed by atoms with Gasteiger partial charge < -0.3 is 9.47 Å². The molecule has 0 fully saturated rings. The summed E-state index contributed by atoms with van der Waals surface area (Å²) in [4.78, 5) is 23.7. The maximum absolute atomic E-state index is 12.0. The van der Waals surface area contributed by atoms with Crippen LogP contribution >= 0.6 is 0 Å². The first-order chi connectivity index (χ1) is 15.5. The van der Waals surface area contributed by atoms with E-state index >= 15 is 0 Å². The summed E-state index contributed by atoms with van der Waals surface area (Å²) in [6, 6.07) is 5.85. The van der Waals surface area contributed by atoms with E-state index in [2.05, 4.69) is 13.0 Å². The Bertz CT molecular complexity index is 618.